The van der Waals surface area contributed by atoms with Gasteiger partial charge in [0.15, 0.2) is 0 Å². The molecule has 1 aromatic heterocycles. The first-order chi connectivity index (χ1) is 11.7. The number of rotatable bonds is 2. The van der Waals surface area contributed by atoms with Gasteiger partial charge in [0.25, 0.3) is 0 Å². The summed E-state index contributed by atoms with van der Waals surface area (Å²) < 4.78 is 10.8. The lowest BCUT2D eigenvalue weighted by Crippen LogP contribution is -2.37. The number of benzene rings is 1. The monoisotopic (exact) mass is 345 g/mol. The van der Waals surface area contributed by atoms with Crippen LogP contribution in [0.2, 0.25) is 0 Å². The summed E-state index contributed by atoms with van der Waals surface area (Å²) in [4.78, 5) is 18.3. The molecule has 0 unspecified atom stereocenters. The Bertz CT molecular complexity index is 748. The van der Waals surface area contributed by atoms with Crippen molar-refractivity contribution in [1.82, 2.24) is 15.0 Å². The van der Waals surface area contributed by atoms with Crippen LogP contribution in [0.3, 0.4) is 0 Å². The molecule has 1 aromatic carbocycles. The summed E-state index contributed by atoms with van der Waals surface area (Å²) >= 11 is 0. The van der Waals surface area contributed by atoms with Crippen molar-refractivity contribution >= 4 is 6.09 Å². The summed E-state index contributed by atoms with van der Waals surface area (Å²) in [5.41, 5.74) is 1.36. The second kappa shape index (κ2) is 6.48. The van der Waals surface area contributed by atoms with Crippen molar-refractivity contribution in [1.29, 1.82) is 0 Å². The number of aliphatic hydroxyl groups excluding tert-OH is 1. The molecule has 1 amide bonds. The number of ether oxygens (including phenoxy) is 1. The van der Waals surface area contributed by atoms with Gasteiger partial charge in [-0.3, -0.25) is 4.90 Å². The number of nitrogens with zero attached hydrogens (tertiary/aromatic N) is 3. The lowest BCUT2D eigenvalue weighted by Gasteiger charge is -2.26. The van der Waals surface area contributed by atoms with Gasteiger partial charge in [0.2, 0.25) is 11.7 Å². The second-order valence-electron chi connectivity index (χ2n) is 7.36. The second-order valence-corrected chi connectivity index (χ2v) is 7.36. The van der Waals surface area contributed by atoms with Crippen molar-refractivity contribution < 1.29 is 19.2 Å². The van der Waals surface area contributed by atoms with Crippen molar-refractivity contribution in [2.24, 2.45) is 0 Å². The van der Waals surface area contributed by atoms with E-state index in [4.69, 9.17) is 9.26 Å². The molecular formula is C18H23N3O4. The molecule has 1 fully saturated rings. The van der Waals surface area contributed by atoms with Gasteiger partial charge in [0, 0.05) is 12.0 Å². The Morgan fingerprint density at radius 1 is 1.32 bits per heavy atom. The van der Waals surface area contributed by atoms with E-state index in [-0.39, 0.29) is 6.54 Å². The van der Waals surface area contributed by atoms with Gasteiger partial charge in [-0.25, -0.2) is 4.79 Å². The lowest BCUT2D eigenvalue weighted by atomic mass is 10.1. The molecular weight excluding hydrogens is 322 g/mol. The van der Waals surface area contributed by atoms with Crippen LogP contribution in [-0.4, -0.2) is 44.5 Å². The van der Waals surface area contributed by atoms with E-state index in [9.17, 15) is 9.90 Å². The van der Waals surface area contributed by atoms with Crippen molar-refractivity contribution in [3.63, 3.8) is 0 Å². The van der Waals surface area contributed by atoms with E-state index in [2.05, 4.69) is 10.1 Å². The first kappa shape index (κ1) is 17.4. The van der Waals surface area contributed by atoms with Gasteiger partial charge in [-0.1, -0.05) is 35.0 Å². The molecule has 134 valence electrons. The van der Waals surface area contributed by atoms with Crippen molar-refractivity contribution in [2.45, 2.75) is 51.9 Å². The lowest BCUT2D eigenvalue weighted by molar-refractivity contribution is 0.0184. The van der Waals surface area contributed by atoms with E-state index in [0.29, 0.717) is 18.1 Å². The summed E-state index contributed by atoms with van der Waals surface area (Å²) in [6.45, 7) is 7.59. The van der Waals surface area contributed by atoms with E-state index >= 15 is 0 Å². The number of hydrogen-bond donors (Lipinski definition) is 1. The fourth-order valence-corrected chi connectivity index (χ4v) is 2.76. The van der Waals surface area contributed by atoms with Crippen LogP contribution in [0.25, 0.3) is 11.4 Å². The first-order valence-electron chi connectivity index (χ1n) is 8.31. The van der Waals surface area contributed by atoms with Gasteiger partial charge in [-0.2, -0.15) is 4.98 Å². The maximum Gasteiger partial charge on any atom is 0.411 e. The number of aryl methyl sites for hydroxylation is 1. The fourth-order valence-electron chi connectivity index (χ4n) is 2.76. The Balaban J connectivity index is 1.82. The molecule has 25 heavy (non-hydrogen) atoms. The maximum absolute atomic E-state index is 12.4. The van der Waals surface area contributed by atoms with Gasteiger partial charge in [0.05, 0.1) is 12.6 Å². The number of aliphatic hydroxyl groups is 1. The zero-order valence-electron chi connectivity index (χ0n) is 14.9. The smallest absolute Gasteiger partial charge is 0.411 e. The number of likely N-dealkylation sites (tertiary alicyclic amines) is 1. The molecule has 1 N–H and O–H groups in total. The summed E-state index contributed by atoms with van der Waals surface area (Å²) in [7, 11) is 0. The van der Waals surface area contributed by atoms with Crippen LogP contribution in [-0.2, 0) is 4.74 Å². The largest absolute Gasteiger partial charge is 0.444 e. The fraction of sp³-hybridized carbons (Fsp3) is 0.500. The summed E-state index contributed by atoms with van der Waals surface area (Å²) in [6.07, 6.45) is -0.800. The number of hydrogen-bond acceptors (Lipinski definition) is 6. The van der Waals surface area contributed by atoms with Crippen molar-refractivity contribution in [2.75, 3.05) is 6.54 Å². The standard InChI is InChI=1S/C18H23N3O4/c1-11-5-7-12(8-6-11)15-19-16(25-20-15)14-9-13(22)10-21(14)17(23)24-18(2,3)4/h5-8,13-14,22H,9-10H2,1-4H3/t13-,14-/m0/s1. The van der Waals surface area contributed by atoms with E-state index in [0.717, 1.165) is 11.1 Å². The maximum atomic E-state index is 12.4. The zero-order valence-corrected chi connectivity index (χ0v) is 14.9. The quantitative estimate of drug-likeness (QED) is 0.900. The number of aromatic nitrogens is 2. The third-order valence-electron chi connectivity index (χ3n) is 3.94. The molecule has 0 bridgehead atoms. The molecule has 0 saturated carbocycles. The Kier molecular flexibility index (Phi) is 4.51. The highest BCUT2D eigenvalue weighted by Gasteiger charge is 2.40. The third kappa shape index (κ3) is 3.99. The molecule has 1 saturated heterocycles. The van der Waals surface area contributed by atoms with Gasteiger partial charge in [0.1, 0.15) is 11.6 Å². The summed E-state index contributed by atoms with van der Waals surface area (Å²) in [6, 6.07) is 7.28. The van der Waals surface area contributed by atoms with E-state index in [1.165, 1.54) is 4.90 Å². The van der Waals surface area contributed by atoms with Crippen LogP contribution in [0.1, 0.15) is 44.7 Å². The first-order valence-corrected chi connectivity index (χ1v) is 8.31. The molecule has 7 heteroatoms. The van der Waals surface area contributed by atoms with Gasteiger partial charge in [-0.05, 0) is 27.7 Å². The minimum absolute atomic E-state index is 0.182. The highest BCUT2D eigenvalue weighted by Crippen LogP contribution is 2.33. The third-order valence-corrected chi connectivity index (χ3v) is 3.94. The van der Waals surface area contributed by atoms with Crippen molar-refractivity contribution in [3.8, 4) is 11.4 Å². The van der Waals surface area contributed by atoms with Gasteiger partial charge >= 0.3 is 6.09 Å². The molecule has 2 atom stereocenters. The molecule has 0 radical (unpaired) electrons. The van der Waals surface area contributed by atoms with Crippen LogP contribution >= 0.6 is 0 Å². The molecule has 2 aromatic rings. The van der Waals surface area contributed by atoms with Crippen LogP contribution < -0.4 is 0 Å². The Labute approximate surface area is 146 Å². The molecule has 1 aliphatic rings. The van der Waals surface area contributed by atoms with Gasteiger partial charge < -0.3 is 14.4 Å². The number of amides is 1. The predicted molar refractivity (Wildman–Crippen MR) is 90.8 cm³/mol. The Morgan fingerprint density at radius 3 is 2.64 bits per heavy atom. The van der Waals surface area contributed by atoms with E-state index < -0.39 is 23.8 Å². The number of carbonyl (C=O) groups is 1. The van der Waals surface area contributed by atoms with E-state index in [1.54, 1.807) is 20.8 Å². The SMILES string of the molecule is Cc1ccc(-c2noc([C@@H]3C[C@H](O)CN3C(=O)OC(C)(C)C)n2)cc1. The van der Waals surface area contributed by atoms with Crippen molar-refractivity contribution in [3.05, 3.63) is 35.7 Å². The average Bonchev–Trinajstić information content (AvgIpc) is 3.12. The van der Waals surface area contributed by atoms with Crippen LogP contribution in [0.4, 0.5) is 4.79 Å². The highest BCUT2D eigenvalue weighted by atomic mass is 16.6. The number of β-amino-alcohol motifs (C(OH)–C–C–N with tert-alkyl or cyclic N) is 1. The molecule has 0 aliphatic carbocycles. The average molecular weight is 345 g/mol. The zero-order chi connectivity index (χ0) is 18.2. The Hall–Kier alpha value is -2.41. The molecule has 2 heterocycles. The predicted octanol–water partition coefficient (Wildman–Crippen LogP) is 3.09. The number of carbonyl (C=O) groups excluding carboxylic acids is 1. The highest BCUT2D eigenvalue weighted by molar-refractivity contribution is 5.69. The molecule has 1 aliphatic heterocycles. The molecule has 0 spiro atoms. The van der Waals surface area contributed by atoms with Crippen LogP contribution in [0.15, 0.2) is 28.8 Å². The van der Waals surface area contributed by atoms with Crippen LogP contribution in [0, 0.1) is 6.92 Å². The minimum atomic E-state index is -0.646. The molecule has 7 nitrogen and oxygen atoms in total. The minimum Gasteiger partial charge on any atom is -0.444 e. The van der Waals surface area contributed by atoms with E-state index in [1.807, 2.05) is 31.2 Å². The normalized spacial score (nSPS) is 20.8. The van der Waals surface area contributed by atoms with Crippen LogP contribution in [0.5, 0.6) is 0 Å². The summed E-state index contributed by atoms with van der Waals surface area (Å²) in [5, 5.41) is 14.0. The summed E-state index contributed by atoms with van der Waals surface area (Å²) in [5.74, 6) is 0.763. The van der Waals surface area contributed by atoms with Gasteiger partial charge in [-0.15, -0.1) is 0 Å². The Morgan fingerprint density at radius 2 is 2.00 bits per heavy atom. The molecule has 3 rings (SSSR count). The topological polar surface area (TPSA) is 88.7 Å².